The maximum absolute atomic E-state index is 10.6. The fraction of sp³-hybridized carbons (Fsp3) is 0.406. The van der Waals surface area contributed by atoms with E-state index in [1.807, 2.05) is 48.5 Å². The molecule has 0 aliphatic heterocycles. The molecule has 7 heteroatoms. The molecule has 6 nitrogen and oxygen atoms in total. The first-order valence-corrected chi connectivity index (χ1v) is 27.7. The fourth-order valence-corrected chi connectivity index (χ4v) is 17.5. The molecule has 0 N–H and O–H groups in total. The van der Waals surface area contributed by atoms with Crippen molar-refractivity contribution in [1.82, 2.24) is 9.97 Å². The summed E-state index contributed by atoms with van der Waals surface area (Å²) in [6.07, 6.45) is 22.1. The minimum absolute atomic E-state index is 0.416. The fourth-order valence-electron chi connectivity index (χ4n) is 16.4. The maximum atomic E-state index is 10.6. The smallest absolute Gasteiger partial charge is 0.126 e. The van der Waals surface area contributed by atoms with Gasteiger partial charge in [-0.3, -0.25) is 0 Å². The van der Waals surface area contributed by atoms with Gasteiger partial charge in [0.25, 0.3) is 0 Å². The molecule has 0 bridgehead atoms. The molecule has 6 aliphatic rings. The van der Waals surface area contributed by atoms with E-state index in [1.165, 1.54) is 125 Å². The lowest BCUT2D eigenvalue weighted by molar-refractivity contribution is 0.184. The number of nitrogens with zero attached hydrogens (tertiary/aromatic N) is 6. The average molecular weight is 943 g/mol. The van der Waals surface area contributed by atoms with Crippen LogP contribution < -0.4 is 0 Å². The summed E-state index contributed by atoms with van der Waals surface area (Å²) in [5.74, 6) is 8.04. The summed E-state index contributed by atoms with van der Waals surface area (Å²) in [4.78, 5) is 11.6. The lowest BCUT2D eigenvalue weighted by Gasteiger charge is -2.32. The molecule has 6 aliphatic carbocycles. The molecule has 0 radical (unpaired) electrons. The van der Waals surface area contributed by atoms with Gasteiger partial charge in [-0.05, 0) is 192 Å². The van der Waals surface area contributed by atoms with Crippen molar-refractivity contribution >= 4 is 31.8 Å². The average Bonchev–Trinajstić information content (AvgIpc) is 4.09. The van der Waals surface area contributed by atoms with Gasteiger partial charge in [-0.15, -0.1) is 0 Å². The number of benzene rings is 4. The highest BCUT2D eigenvalue weighted by atomic mass is 32.1. The molecule has 8 unspecified atom stereocenters. The number of thiophene rings is 1. The van der Waals surface area contributed by atoms with Gasteiger partial charge in [0, 0.05) is 21.9 Å². The molecule has 0 saturated heterocycles. The Morgan fingerprint density at radius 3 is 0.944 bits per heavy atom. The standard InChI is InChI=1S/C64H58N6S/c65-33-43-29-41(37-17-21-39(22-18-37)61-51-13-5-1-9-47(51)48-10-2-6-14-52(48)61)30-44(34-66)59(43)57-27-25-55-56-26-28-58(70-64(56)71-63(55)69-57)60-45(35-67)31-42(32-46(60)36-68)38-19-23-40(24-20-38)62-53-15-7-3-11-49(53)50-12-4-8-16-54(50)62/h17-32,47-54,61-62H,1-16H2. The monoisotopic (exact) mass is 942 g/mol. The van der Waals surface area contributed by atoms with E-state index in [0.717, 1.165) is 90.0 Å². The van der Waals surface area contributed by atoms with E-state index < -0.39 is 0 Å². The minimum Gasteiger partial charge on any atom is -0.237 e. The summed E-state index contributed by atoms with van der Waals surface area (Å²) in [6, 6.07) is 43.3. The molecule has 350 valence electrons. The SMILES string of the molecule is N#Cc1cc(-c2ccc(C3C4CCCCC4C4CCCCC43)cc2)cc(C#N)c1-c1ccc2c(n1)sc1nc(-c3c(C#N)cc(-c4ccc(C5C6CCCCC6C6CCCCC65)cc4)cc3C#N)ccc12. The van der Waals surface area contributed by atoms with Gasteiger partial charge in [0.05, 0.1) is 57.9 Å². The number of hydrogen-bond acceptors (Lipinski definition) is 7. The van der Waals surface area contributed by atoms with E-state index >= 15 is 0 Å². The van der Waals surface area contributed by atoms with Crippen LogP contribution >= 0.6 is 11.3 Å². The zero-order valence-corrected chi connectivity index (χ0v) is 41.2. The van der Waals surface area contributed by atoms with Crippen LogP contribution in [0.3, 0.4) is 0 Å². The third-order valence-corrected chi connectivity index (χ3v) is 20.2. The van der Waals surface area contributed by atoms with Gasteiger partial charge in [0.1, 0.15) is 9.66 Å². The van der Waals surface area contributed by atoms with E-state index in [9.17, 15) is 21.0 Å². The van der Waals surface area contributed by atoms with Crippen molar-refractivity contribution in [3.63, 3.8) is 0 Å². The van der Waals surface area contributed by atoms with Crippen molar-refractivity contribution in [2.75, 3.05) is 0 Å². The molecule has 13 rings (SSSR count). The van der Waals surface area contributed by atoms with Crippen molar-refractivity contribution < 1.29 is 0 Å². The predicted molar refractivity (Wildman–Crippen MR) is 283 cm³/mol. The van der Waals surface area contributed by atoms with Crippen LogP contribution in [0.4, 0.5) is 0 Å². The second-order valence-corrected chi connectivity index (χ2v) is 23.3. The molecular weight excluding hydrogens is 885 g/mol. The second-order valence-electron chi connectivity index (χ2n) is 22.3. The summed E-state index contributed by atoms with van der Waals surface area (Å²) in [6.45, 7) is 0. The van der Waals surface area contributed by atoms with Crippen LogP contribution in [-0.2, 0) is 0 Å². The van der Waals surface area contributed by atoms with Crippen LogP contribution in [0.15, 0.2) is 97.1 Å². The van der Waals surface area contributed by atoms with Crippen LogP contribution in [0, 0.1) is 92.7 Å². The molecule has 6 fully saturated rings. The molecule has 3 heterocycles. The quantitative estimate of drug-likeness (QED) is 0.164. The van der Waals surface area contributed by atoms with Gasteiger partial charge in [0.2, 0.25) is 0 Å². The highest BCUT2D eigenvalue weighted by Crippen LogP contribution is 2.62. The molecule has 3 aromatic heterocycles. The zero-order chi connectivity index (χ0) is 47.7. The molecule has 4 aromatic carbocycles. The summed E-state index contributed by atoms with van der Waals surface area (Å²) in [5, 5.41) is 44.2. The van der Waals surface area contributed by atoms with Gasteiger partial charge >= 0.3 is 0 Å². The Morgan fingerprint density at radius 1 is 0.352 bits per heavy atom. The van der Waals surface area contributed by atoms with Crippen molar-refractivity contribution in [1.29, 1.82) is 21.0 Å². The van der Waals surface area contributed by atoms with E-state index in [-0.39, 0.29) is 0 Å². The Bertz CT molecular complexity index is 3070. The first-order valence-electron chi connectivity index (χ1n) is 26.9. The molecule has 8 atom stereocenters. The molecule has 7 aromatic rings. The number of pyridine rings is 2. The van der Waals surface area contributed by atoms with Crippen LogP contribution in [0.5, 0.6) is 0 Å². The largest absolute Gasteiger partial charge is 0.237 e. The van der Waals surface area contributed by atoms with Gasteiger partial charge in [0.15, 0.2) is 0 Å². The highest BCUT2D eigenvalue weighted by Gasteiger charge is 2.52. The van der Waals surface area contributed by atoms with Crippen molar-refractivity contribution in [3.05, 3.63) is 130 Å². The normalized spacial score (nSPS) is 27.6. The Labute approximate surface area is 422 Å². The number of nitriles is 4. The van der Waals surface area contributed by atoms with Gasteiger partial charge < -0.3 is 0 Å². The Hall–Kier alpha value is -6.64. The molecule has 0 amide bonds. The Kier molecular flexibility index (Phi) is 11.4. The predicted octanol–water partition coefficient (Wildman–Crippen LogP) is 16.4. The summed E-state index contributed by atoms with van der Waals surface area (Å²) >= 11 is 1.43. The lowest BCUT2D eigenvalue weighted by atomic mass is 9.73. The zero-order valence-electron chi connectivity index (χ0n) is 40.4. The maximum Gasteiger partial charge on any atom is 0.126 e. The topological polar surface area (TPSA) is 121 Å². The second kappa shape index (κ2) is 18.2. The number of rotatable bonds is 6. The first-order chi connectivity index (χ1) is 35.0. The molecular formula is C64H58N6S. The summed E-state index contributed by atoms with van der Waals surface area (Å²) in [7, 11) is 0. The van der Waals surface area contributed by atoms with Crippen molar-refractivity contribution in [2.24, 2.45) is 47.3 Å². The van der Waals surface area contributed by atoms with Crippen LogP contribution in [0.2, 0.25) is 0 Å². The van der Waals surface area contributed by atoms with E-state index in [4.69, 9.17) is 9.97 Å². The Morgan fingerprint density at radius 2 is 0.648 bits per heavy atom. The van der Waals surface area contributed by atoms with Gasteiger partial charge in [-0.25, -0.2) is 9.97 Å². The summed E-state index contributed by atoms with van der Waals surface area (Å²) in [5.41, 5.74) is 10.5. The van der Waals surface area contributed by atoms with Gasteiger partial charge in [-0.2, -0.15) is 21.0 Å². The van der Waals surface area contributed by atoms with Crippen LogP contribution in [0.25, 0.3) is 65.2 Å². The minimum atomic E-state index is 0.416. The number of hydrogen-bond donors (Lipinski definition) is 0. The lowest BCUT2D eigenvalue weighted by Crippen LogP contribution is -2.22. The highest BCUT2D eigenvalue weighted by molar-refractivity contribution is 7.25. The van der Waals surface area contributed by atoms with E-state index in [0.29, 0.717) is 56.6 Å². The number of fused-ring (bicyclic) bond motifs is 9. The summed E-state index contributed by atoms with van der Waals surface area (Å²) < 4.78 is 0. The van der Waals surface area contributed by atoms with Gasteiger partial charge in [-0.1, -0.05) is 111 Å². The van der Waals surface area contributed by atoms with Crippen LogP contribution in [0.1, 0.15) is 148 Å². The third kappa shape index (κ3) is 7.42. The first kappa shape index (κ1) is 44.3. The molecule has 6 saturated carbocycles. The van der Waals surface area contributed by atoms with Crippen molar-refractivity contribution in [3.8, 4) is 69.0 Å². The van der Waals surface area contributed by atoms with E-state index in [2.05, 4.69) is 72.8 Å². The van der Waals surface area contributed by atoms with E-state index in [1.54, 1.807) is 0 Å². The number of aromatic nitrogens is 2. The molecule has 71 heavy (non-hydrogen) atoms. The Balaban J connectivity index is 0.785. The molecule has 0 spiro atoms. The van der Waals surface area contributed by atoms with Crippen molar-refractivity contribution in [2.45, 2.75) is 115 Å². The van der Waals surface area contributed by atoms with Crippen LogP contribution in [-0.4, -0.2) is 9.97 Å². The third-order valence-electron chi connectivity index (χ3n) is 19.2.